The number of carbonyl (C=O) groups excluding carboxylic acids is 1. The Labute approximate surface area is 139 Å². The van der Waals surface area contributed by atoms with Gasteiger partial charge in [0.15, 0.2) is 0 Å². The number of rotatable bonds is 4. The molecule has 0 saturated carbocycles. The molecule has 0 bridgehead atoms. The summed E-state index contributed by atoms with van der Waals surface area (Å²) >= 11 is 1.30. The van der Waals surface area contributed by atoms with E-state index in [0.717, 1.165) is 10.9 Å². The Hall–Kier alpha value is -3.13. The lowest BCUT2D eigenvalue weighted by Crippen LogP contribution is -1.96. The molecule has 3 aromatic heterocycles. The van der Waals surface area contributed by atoms with Crippen molar-refractivity contribution in [2.45, 2.75) is 0 Å². The summed E-state index contributed by atoms with van der Waals surface area (Å²) in [4.78, 5) is 18.3. The zero-order valence-corrected chi connectivity index (χ0v) is 12.9. The van der Waals surface area contributed by atoms with Crippen LogP contribution < -0.4 is 4.74 Å². The number of hydrogen-bond acceptors (Lipinski definition) is 6. The lowest BCUT2D eigenvalue weighted by molar-refractivity contribution is -0.120. The minimum Gasteiger partial charge on any atom is -0.409 e. The van der Waals surface area contributed by atoms with E-state index in [0.29, 0.717) is 22.9 Å². The molecule has 4 rings (SSSR count). The molecule has 3 heterocycles. The van der Waals surface area contributed by atoms with Crippen LogP contribution in [0.5, 0.6) is 5.88 Å². The van der Waals surface area contributed by atoms with Gasteiger partial charge in [-0.3, -0.25) is 4.79 Å². The summed E-state index contributed by atoms with van der Waals surface area (Å²) in [5.74, 6) is -0.326. The molecule has 0 saturated heterocycles. The number of para-hydroxylation sites is 1. The van der Waals surface area contributed by atoms with E-state index in [1.54, 1.807) is 16.1 Å². The lowest BCUT2D eigenvalue weighted by Gasteiger charge is -1.97. The van der Waals surface area contributed by atoms with Crippen LogP contribution in [0.4, 0.5) is 4.39 Å². The predicted octanol–water partition coefficient (Wildman–Crippen LogP) is 3.22. The molecule has 0 unspecified atom stereocenters. The number of hydrogen-bond donors (Lipinski definition) is 0. The molecule has 0 amide bonds. The fourth-order valence-corrected chi connectivity index (χ4v) is 3.09. The highest BCUT2D eigenvalue weighted by Gasteiger charge is 2.16. The van der Waals surface area contributed by atoms with Crippen LogP contribution in [0.3, 0.4) is 0 Å². The molecule has 0 spiro atoms. The lowest BCUT2D eigenvalue weighted by atomic mass is 10.1. The van der Waals surface area contributed by atoms with E-state index in [4.69, 9.17) is 4.74 Å². The van der Waals surface area contributed by atoms with Gasteiger partial charge >= 0.3 is 0 Å². The van der Waals surface area contributed by atoms with Crippen molar-refractivity contribution in [1.82, 2.24) is 19.7 Å². The second-order valence-corrected chi connectivity index (χ2v) is 5.67. The molecule has 8 heteroatoms. The largest absolute Gasteiger partial charge is 0.409 e. The van der Waals surface area contributed by atoms with Crippen LogP contribution >= 0.6 is 11.3 Å². The van der Waals surface area contributed by atoms with Gasteiger partial charge in [0, 0.05) is 17.1 Å². The van der Waals surface area contributed by atoms with E-state index in [2.05, 4.69) is 15.1 Å². The van der Waals surface area contributed by atoms with Gasteiger partial charge in [0.25, 0.3) is 6.47 Å². The average molecular weight is 340 g/mol. The number of ether oxygens (including phenoxy) is 1. The van der Waals surface area contributed by atoms with Crippen molar-refractivity contribution < 1.29 is 13.9 Å². The fourth-order valence-electron chi connectivity index (χ4n) is 2.39. The summed E-state index contributed by atoms with van der Waals surface area (Å²) in [6.45, 7) is 0.329. The monoisotopic (exact) mass is 340 g/mol. The predicted molar refractivity (Wildman–Crippen MR) is 86.6 cm³/mol. The third-order valence-corrected chi connectivity index (χ3v) is 4.20. The first-order valence-corrected chi connectivity index (χ1v) is 7.80. The van der Waals surface area contributed by atoms with Crippen LogP contribution in [0.2, 0.25) is 0 Å². The zero-order valence-electron chi connectivity index (χ0n) is 12.1. The standard InChI is InChI=1S/C16H9FN4O2S/c17-13-6-5-10(7-18-13)15-11-3-1-2-4-12(11)21(20-15)16-19-14(8-24-16)23-9-22/h1-9H. The van der Waals surface area contributed by atoms with Gasteiger partial charge in [-0.15, -0.1) is 0 Å². The summed E-state index contributed by atoms with van der Waals surface area (Å²) in [5, 5.41) is 7.66. The van der Waals surface area contributed by atoms with Gasteiger partial charge in [0.05, 0.1) is 10.9 Å². The van der Waals surface area contributed by atoms with E-state index in [-0.39, 0.29) is 5.88 Å². The smallest absolute Gasteiger partial charge is 0.299 e. The van der Waals surface area contributed by atoms with E-state index >= 15 is 0 Å². The highest BCUT2D eigenvalue weighted by molar-refractivity contribution is 7.12. The Morgan fingerprint density at radius 3 is 2.88 bits per heavy atom. The quantitative estimate of drug-likeness (QED) is 0.421. The first-order valence-electron chi connectivity index (χ1n) is 6.92. The maximum atomic E-state index is 13.1. The number of carbonyl (C=O) groups is 1. The Bertz CT molecular complexity index is 1030. The van der Waals surface area contributed by atoms with E-state index < -0.39 is 5.95 Å². The van der Waals surface area contributed by atoms with Gasteiger partial charge in [-0.25, -0.2) is 9.67 Å². The topological polar surface area (TPSA) is 69.9 Å². The van der Waals surface area contributed by atoms with Gasteiger partial charge in [0.2, 0.25) is 17.0 Å². The summed E-state index contributed by atoms with van der Waals surface area (Å²) in [5.41, 5.74) is 2.21. The van der Waals surface area contributed by atoms with E-state index in [1.165, 1.54) is 23.6 Å². The Kier molecular flexibility index (Phi) is 3.51. The van der Waals surface area contributed by atoms with Crippen LogP contribution in [0.1, 0.15) is 0 Å². The highest BCUT2D eigenvalue weighted by Crippen LogP contribution is 2.31. The third kappa shape index (κ3) is 2.42. The Morgan fingerprint density at radius 2 is 2.08 bits per heavy atom. The normalized spacial score (nSPS) is 10.9. The number of pyridine rings is 1. The number of benzene rings is 1. The molecule has 0 radical (unpaired) electrons. The number of halogens is 1. The maximum absolute atomic E-state index is 13.1. The van der Waals surface area contributed by atoms with Crippen molar-refractivity contribution in [3.05, 3.63) is 53.9 Å². The Morgan fingerprint density at radius 1 is 1.21 bits per heavy atom. The van der Waals surface area contributed by atoms with Gasteiger partial charge < -0.3 is 4.74 Å². The summed E-state index contributed by atoms with van der Waals surface area (Å²) in [7, 11) is 0. The molecule has 0 aliphatic heterocycles. The van der Waals surface area contributed by atoms with Gasteiger partial charge in [0.1, 0.15) is 5.69 Å². The van der Waals surface area contributed by atoms with Crippen molar-refractivity contribution in [2.24, 2.45) is 0 Å². The minimum atomic E-state index is -0.543. The molecular weight excluding hydrogens is 331 g/mol. The third-order valence-electron chi connectivity index (χ3n) is 3.41. The number of fused-ring (bicyclic) bond motifs is 1. The molecule has 6 nitrogen and oxygen atoms in total. The van der Waals surface area contributed by atoms with Crippen LogP contribution in [-0.2, 0) is 4.79 Å². The van der Waals surface area contributed by atoms with E-state index in [9.17, 15) is 9.18 Å². The average Bonchev–Trinajstić information content (AvgIpc) is 3.21. The van der Waals surface area contributed by atoms with Crippen molar-refractivity contribution in [3.63, 3.8) is 0 Å². The number of aromatic nitrogens is 4. The zero-order chi connectivity index (χ0) is 16.5. The summed E-state index contributed by atoms with van der Waals surface area (Å²) < 4.78 is 19.5. The fraction of sp³-hybridized carbons (Fsp3) is 0. The molecule has 0 fully saturated rings. The summed E-state index contributed by atoms with van der Waals surface area (Å²) in [6.07, 6.45) is 1.44. The molecule has 1 aromatic carbocycles. The van der Waals surface area contributed by atoms with Crippen LogP contribution in [0.15, 0.2) is 48.0 Å². The molecule has 4 aromatic rings. The second-order valence-electron chi connectivity index (χ2n) is 4.83. The van der Waals surface area contributed by atoms with Crippen molar-refractivity contribution in [3.8, 4) is 22.3 Å². The highest BCUT2D eigenvalue weighted by atomic mass is 32.1. The van der Waals surface area contributed by atoms with E-state index in [1.807, 2.05) is 24.3 Å². The van der Waals surface area contributed by atoms with Crippen LogP contribution in [-0.4, -0.2) is 26.2 Å². The van der Waals surface area contributed by atoms with Crippen LogP contribution in [0, 0.1) is 5.95 Å². The minimum absolute atomic E-state index is 0.217. The van der Waals surface area contributed by atoms with Gasteiger partial charge in [-0.05, 0) is 18.2 Å². The van der Waals surface area contributed by atoms with Crippen LogP contribution in [0.25, 0.3) is 27.3 Å². The van der Waals surface area contributed by atoms with Gasteiger partial charge in [-0.1, -0.05) is 29.5 Å². The Balaban J connectivity index is 1.90. The molecule has 0 aliphatic rings. The first kappa shape index (κ1) is 14.5. The van der Waals surface area contributed by atoms with Crippen molar-refractivity contribution >= 4 is 28.7 Å². The molecular formula is C16H9FN4O2S. The molecule has 24 heavy (non-hydrogen) atoms. The SMILES string of the molecule is O=COc1csc(-n2nc(-c3ccc(F)nc3)c3ccccc32)n1. The molecule has 0 aliphatic carbocycles. The summed E-state index contributed by atoms with van der Waals surface area (Å²) in [6, 6.07) is 10.5. The molecule has 0 N–H and O–H groups in total. The number of nitrogens with zero attached hydrogens (tertiary/aromatic N) is 4. The molecule has 118 valence electrons. The number of thiazole rings is 1. The van der Waals surface area contributed by atoms with Crippen molar-refractivity contribution in [1.29, 1.82) is 0 Å². The second kappa shape index (κ2) is 5.82. The first-order chi connectivity index (χ1) is 11.8. The molecule has 0 atom stereocenters. The maximum Gasteiger partial charge on any atom is 0.299 e. The van der Waals surface area contributed by atoms with Gasteiger partial charge in [-0.2, -0.15) is 14.5 Å². The van der Waals surface area contributed by atoms with Crippen molar-refractivity contribution in [2.75, 3.05) is 0 Å².